The molecule has 1 fully saturated rings. The van der Waals surface area contributed by atoms with Crippen molar-refractivity contribution in [3.05, 3.63) is 40.3 Å². The molecule has 2 unspecified atom stereocenters. The Morgan fingerprint density at radius 1 is 1.19 bits per heavy atom. The van der Waals surface area contributed by atoms with Crippen molar-refractivity contribution in [1.29, 1.82) is 0 Å². The average Bonchev–Trinajstić information content (AvgIpc) is 2.53. The lowest BCUT2D eigenvalue weighted by Gasteiger charge is -2.34. The molecule has 1 aromatic carbocycles. The van der Waals surface area contributed by atoms with Gasteiger partial charge in [-0.3, -0.25) is 0 Å². The second-order valence-electron chi connectivity index (χ2n) is 5.31. The first-order valence-corrected chi connectivity index (χ1v) is 7.02. The third kappa shape index (κ3) is 4.09. The van der Waals surface area contributed by atoms with Gasteiger partial charge in [-0.2, -0.15) is 0 Å². The van der Waals surface area contributed by atoms with Crippen molar-refractivity contribution in [2.75, 3.05) is 44.7 Å². The summed E-state index contributed by atoms with van der Waals surface area (Å²) in [6.45, 7) is 3.90. The molecule has 0 saturated carbocycles. The van der Waals surface area contributed by atoms with E-state index in [9.17, 15) is 10.2 Å². The monoisotopic (exact) mass is 291 g/mol. The van der Waals surface area contributed by atoms with Crippen molar-refractivity contribution in [3.63, 3.8) is 0 Å². The van der Waals surface area contributed by atoms with Gasteiger partial charge in [-0.25, -0.2) is 0 Å². The lowest BCUT2D eigenvalue weighted by molar-refractivity contribution is 0.0244. The molecule has 2 rings (SSSR count). The van der Waals surface area contributed by atoms with Crippen LogP contribution in [0.2, 0.25) is 0 Å². The Morgan fingerprint density at radius 2 is 1.81 bits per heavy atom. The van der Waals surface area contributed by atoms with Crippen molar-refractivity contribution >= 4 is 5.69 Å². The SMILES string of the molecule is CN1CCN(c2ccc(C(O)C(O)CN=[N+]=[N-])cc2)CC1. The first kappa shape index (κ1) is 15.6. The Morgan fingerprint density at radius 3 is 2.38 bits per heavy atom. The van der Waals surface area contributed by atoms with E-state index in [1.54, 1.807) is 12.1 Å². The minimum Gasteiger partial charge on any atom is -0.390 e. The summed E-state index contributed by atoms with van der Waals surface area (Å²) in [5.74, 6) is 0. The fourth-order valence-corrected chi connectivity index (χ4v) is 2.39. The molecule has 7 nitrogen and oxygen atoms in total. The fraction of sp³-hybridized carbons (Fsp3) is 0.571. The quantitative estimate of drug-likeness (QED) is 0.483. The summed E-state index contributed by atoms with van der Waals surface area (Å²) in [7, 11) is 2.11. The fourth-order valence-electron chi connectivity index (χ4n) is 2.39. The van der Waals surface area contributed by atoms with Crippen LogP contribution in [0.3, 0.4) is 0 Å². The predicted octanol–water partition coefficient (Wildman–Crippen LogP) is 1.14. The van der Waals surface area contributed by atoms with Gasteiger partial charge in [0, 0.05) is 36.8 Å². The summed E-state index contributed by atoms with van der Waals surface area (Å²) in [6, 6.07) is 7.50. The first-order chi connectivity index (χ1) is 10.1. The summed E-state index contributed by atoms with van der Waals surface area (Å²) in [5.41, 5.74) is 9.96. The molecule has 1 saturated heterocycles. The Kier molecular flexibility index (Phi) is 5.41. The molecule has 0 amide bonds. The molecular weight excluding hydrogens is 270 g/mol. The summed E-state index contributed by atoms with van der Waals surface area (Å²) in [6.07, 6.45) is -2.13. The average molecular weight is 291 g/mol. The van der Waals surface area contributed by atoms with Crippen molar-refractivity contribution < 1.29 is 10.2 Å². The van der Waals surface area contributed by atoms with E-state index < -0.39 is 12.2 Å². The van der Waals surface area contributed by atoms with E-state index in [1.165, 1.54) is 0 Å². The normalized spacial score (nSPS) is 18.9. The van der Waals surface area contributed by atoms with Gasteiger partial charge in [0.25, 0.3) is 0 Å². The van der Waals surface area contributed by atoms with Crippen LogP contribution in [0.25, 0.3) is 10.4 Å². The van der Waals surface area contributed by atoms with Crippen LogP contribution in [-0.2, 0) is 0 Å². The number of rotatable bonds is 5. The lowest BCUT2D eigenvalue weighted by Crippen LogP contribution is -2.44. The smallest absolute Gasteiger partial charge is 0.105 e. The molecule has 1 aromatic rings. The second-order valence-corrected chi connectivity index (χ2v) is 5.31. The predicted molar refractivity (Wildman–Crippen MR) is 81.1 cm³/mol. The lowest BCUT2D eigenvalue weighted by atomic mass is 10.0. The van der Waals surface area contributed by atoms with Gasteiger partial charge in [0.15, 0.2) is 0 Å². The molecule has 0 aromatic heterocycles. The largest absolute Gasteiger partial charge is 0.390 e. The standard InChI is InChI=1S/C14H21N5O2/c1-18-6-8-19(9-7-18)12-4-2-11(3-5-12)14(21)13(20)10-16-17-15/h2-5,13-14,20-21H,6-10H2,1H3. The van der Waals surface area contributed by atoms with Crippen LogP contribution < -0.4 is 4.90 Å². The van der Waals surface area contributed by atoms with E-state index >= 15 is 0 Å². The highest BCUT2D eigenvalue weighted by atomic mass is 16.3. The van der Waals surface area contributed by atoms with Crippen LogP contribution in [0.5, 0.6) is 0 Å². The van der Waals surface area contributed by atoms with Crippen LogP contribution in [0.1, 0.15) is 11.7 Å². The van der Waals surface area contributed by atoms with Crippen LogP contribution in [0.4, 0.5) is 5.69 Å². The highest BCUT2D eigenvalue weighted by molar-refractivity contribution is 5.48. The number of hydrogen-bond acceptors (Lipinski definition) is 5. The number of benzene rings is 1. The number of piperazine rings is 1. The molecule has 1 heterocycles. The molecule has 1 aliphatic heterocycles. The molecule has 0 spiro atoms. The number of aliphatic hydroxyl groups is 2. The van der Waals surface area contributed by atoms with Crippen LogP contribution in [0.15, 0.2) is 29.4 Å². The number of azide groups is 1. The Balaban J connectivity index is 1.99. The number of likely N-dealkylation sites (N-methyl/N-ethyl adjacent to an activating group) is 1. The van der Waals surface area contributed by atoms with Crippen molar-refractivity contribution in [1.82, 2.24) is 4.90 Å². The molecule has 1 aliphatic rings. The van der Waals surface area contributed by atoms with Crippen LogP contribution in [0, 0.1) is 0 Å². The second kappa shape index (κ2) is 7.28. The zero-order valence-corrected chi connectivity index (χ0v) is 12.1. The summed E-state index contributed by atoms with van der Waals surface area (Å²) in [5, 5.41) is 23.0. The maximum atomic E-state index is 10.00. The zero-order valence-electron chi connectivity index (χ0n) is 12.1. The highest BCUT2D eigenvalue weighted by Crippen LogP contribution is 2.22. The third-order valence-electron chi connectivity index (χ3n) is 3.80. The topological polar surface area (TPSA) is 95.7 Å². The van der Waals surface area contributed by atoms with E-state index in [4.69, 9.17) is 5.53 Å². The maximum Gasteiger partial charge on any atom is 0.105 e. The molecule has 2 atom stereocenters. The number of anilines is 1. The first-order valence-electron chi connectivity index (χ1n) is 7.02. The summed E-state index contributed by atoms with van der Waals surface area (Å²) < 4.78 is 0. The van der Waals surface area contributed by atoms with E-state index in [1.807, 2.05) is 12.1 Å². The minimum absolute atomic E-state index is 0.141. The minimum atomic E-state index is -1.09. The van der Waals surface area contributed by atoms with Gasteiger partial charge in [-0.15, -0.1) is 0 Å². The van der Waals surface area contributed by atoms with Gasteiger partial charge >= 0.3 is 0 Å². The number of aliphatic hydroxyl groups excluding tert-OH is 2. The summed E-state index contributed by atoms with van der Waals surface area (Å²) >= 11 is 0. The van der Waals surface area contributed by atoms with E-state index in [0.717, 1.165) is 31.9 Å². The van der Waals surface area contributed by atoms with Crippen LogP contribution >= 0.6 is 0 Å². The van der Waals surface area contributed by atoms with Gasteiger partial charge < -0.3 is 20.0 Å². The van der Waals surface area contributed by atoms with E-state index in [-0.39, 0.29) is 6.54 Å². The van der Waals surface area contributed by atoms with Gasteiger partial charge in [0.2, 0.25) is 0 Å². The van der Waals surface area contributed by atoms with E-state index in [0.29, 0.717) is 5.56 Å². The van der Waals surface area contributed by atoms with Crippen molar-refractivity contribution in [3.8, 4) is 0 Å². The molecule has 0 bridgehead atoms. The Bertz CT molecular complexity index is 493. The number of hydrogen-bond donors (Lipinski definition) is 2. The Labute approximate surface area is 124 Å². The third-order valence-corrected chi connectivity index (χ3v) is 3.80. The molecule has 0 aliphatic carbocycles. The zero-order chi connectivity index (χ0) is 15.2. The van der Waals surface area contributed by atoms with Gasteiger partial charge in [0.1, 0.15) is 6.10 Å². The molecule has 7 heteroatoms. The molecule has 21 heavy (non-hydrogen) atoms. The van der Waals surface area contributed by atoms with Crippen molar-refractivity contribution in [2.24, 2.45) is 5.11 Å². The molecule has 2 N–H and O–H groups in total. The van der Waals surface area contributed by atoms with Gasteiger partial charge in [-0.05, 0) is 30.3 Å². The van der Waals surface area contributed by atoms with Gasteiger partial charge in [0.05, 0.1) is 12.6 Å². The van der Waals surface area contributed by atoms with E-state index in [2.05, 4.69) is 26.9 Å². The number of nitrogens with zero attached hydrogens (tertiary/aromatic N) is 5. The van der Waals surface area contributed by atoms with Crippen molar-refractivity contribution in [2.45, 2.75) is 12.2 Å². The molecular formula is C14H21N5O2. The molecule has 114 valence electrons. The maximum absolute atomic E-state index is 10.00. The van der Waals surface area contributed by atoms with Gasteiger partial charge in [-0.1, -0.05) is 17.2 Å². The highest BCUT2D eigenvalue weighted by Gasteiger charge is 2.19. The van der Waals surface area contributed by atoms with Crippen LogP contribution in [-0.4, -0.2) is 61.0 Å². The molecule has 0 radical (unpaired) electrons. The summed E-state index contributed by atoms with van der Waals surface area (Å²) in [4.78, 5) is 7.17. The Hall–Kier alpha value is -1.79.